The van der Waals surface area contributed by atoms with E-state index in [0.717, 1.165) is 0 Å². The summed E-state index contributed by atoms with van der Waals surface area (Å²) in [6.45, 7) is 0. The van der Waals surface area contributed by atoms with Crippen molar-refractivity contribution in [1.29, 1.82) is 0 Å². The lowest BCUT2D eigenvalue weighted by molar-refractivity contribution is -0.969. The van der Waals surface area contributed by atoms with Crippen LogP contribution in [0, 0.1) is 30.3 Å². The van der Waals surface area contributed by atoms with Gasteiger partial charge in [0.05, 0.1) is 10.6 Å². The Labute approximate surface area is 117 Å². The molecule has 11 nitrogen and oxygen atoms in total. The molecular weight excluding hydrogens is 310 g/mol. The second kappa shape index (κ2) is 5.78. The van der Waals surface area contributed by atoms with Crippen LogP contribution in [0.2, 0.25) is 0 Å². The molecule has 0 aliphatic heterocycles. The Morgan fingerprint density at radius 2 is 1.33 bits per heavy atom. The summed E-state index contributed by atoms with van der Waals surface area (Å²) in [5.74, 6) is -4.87. The summed E-state index contributed by atoms with van der Waals surface area (Å²) in [6.07, 6.45) is -1.38. The zero-order valence-corrected chi connectivity index (χ0v) is 11.1. The molecule has 0 bridgehead atoms. The molecule has 114 valence electrons. The molecule has 0 radical (unpaired) electrons. The molecule has 1 aromatic carbocycles. The largest absolute Gasteiger partial charge is 0.700 e. The summed E-state index contributed by atoms with van der Waals surface area (Å²) in [4.78, 5) is 26.7. The van der Waals surface area contributed by atoms with E-state index in [1.54, 1.807) is 0 Å². The summed E-state index contributed by atoms with van der Waals surface area (Å²) < 4.78 is 23.8. The number of rotatable bonds is 7. The van der Waals surface area contributed by atoms with E-state index < -0.39 is 42.6 Å². The van der Waals surface area contributed by atoms with Crippen molar-refractivity contribution in [3.63, 3.8) is 0 Å². The molecule has 0 aromatic heterocycles. The SMILES string of the molecule is O=[N+]([O-])C(CCS(=O)(=O)c1ccccc1)([N+](=O)[O-])[N+](=O)[O-]. The minimum Gasteiger partial charge on any atom is -0.253 e. The fourth-order valence-electron chi connectivity index (χ4n) is 1.49. The van der Waals surface area contributed by atoms with Crippen LogP contribution in [0.1, 0.15) is 6.42 Å². The van der Waals surface area contributed by atoms with E-state index in [1.165, 1.54) is 30.3 Å². The second-order valence-electron chi connectivity index (χ2n) is 3.93. The van der Waals surface area contributed by atoms with Gasteiger partial charge < -0.3 is 0 Å². The Hall–Kier alpha value is -2.63. The van der Waals surface area contributed by atoms with E-state index in [-0.39, 0.29) is 4.90 Å². The Balaban J connectivity index is 3.11. The molecule has 0 amide bonds. The highest BCUT2D eigenvalue weighted by atomic mass is 32.2. The Bertz CT molecular complexity index is 635. The van der Waals surface area contributed by atoms with Crippen LogP contribution in [0.3, 0.4) is 0 Å². The van der Waals surface area contributed by atoms with Gasteiger partial charge in [0, 0.05) is 0 Å². The van der Waals surface area contributed by atoms with E-state index in [4.69, 9.17) is 0 Å². The zero-order chi connectivity index (χ0) is 16.3. The van der Waals surface area contributed by atoms with Gasteiger partial charge in [-0.2, -0.15) is 0 Å². The maximum absolute atomic E-state index is 11.9. The smallest absolute Gasteiger partial charge is 0.253 e. The quantitative estimate of drug-likeness (QED) is 0.394. The summed E-state index contributed by atoms with van der Waals surface area (Å²) in [5, 5.41) is 32.1. The topological polar surface area (TPSA) is 164 Å². The molecule has 0 atom stereocenters. The first-order chi connectivity index (χ1) is 9.64. The Morgan fingerprint density at radius 1 is 0.905 bits per heavy atom. The van der Waals surface area contributed by atoms with Crippen LogP contribution in [-0.4, -0.2) is 34.7 Å². The normalized spacial score (nSPS) is 11.8. The van der Waals surface area contributed by atoms with Crippen LogP contribution in [0.25, 0.3) is 0 Å². The first kappa shape index (κ1) is 16.4. The molecule has 0 saturated carbocycles. The molecule has 0 fully saturated rings. The third-order valence-corrected chi connectivity index (χ3v) is 4.42. The van der Waals surface area contributed by atoms with Crippen molar-refractivity contribution in [3.05, 3.63) is 60.7 Å². The van der Waals surface area contributed by atoms with Gasteiger partial charge in [0.25, 0.3) is 0 Å². The summed E-state index contributed by atoms with van der Waals surface area (Å²) in [5.41, 5.74) is 0. The lowest BCUT2D eigenvalue weighted by Crippen LogP contribution is -2.54. The van der Waals surface area contributed by atoms with Gasteiger partial charge in [0.15, 0.2) is 31.0 Å². The Morgan fingerprint density at radius 3 is 1.71 bits per heavy atom. The van der Waals surface area contributed by atoms with Crippen LogP contribution in [0.4, 0.5) is 0 Å². The predicted octanol–water partition coefficient (Wildman–Crippen LogP) is 0.334. The molecule has 0 aliphatic rings. The highest BCUT2D eigenvalue weighted by Crippen LogP contribution is 2.21. The van der Waals surface area contributed by atoms with Gasteiger partial charge in [-0.3, -0.25) is 30.3 Å². The molecule has 0 spiro atoms. The molecule has 0 aliphatic carbocycles. The molecule has 0 saturated heterocycles. The zero-order valence-electron chi connectivity index (χ0n) is 10.3. The number of sulfone groups is 1. The molecule has 21 heavy (non-hydrogen) atoms. The van der Waals surface area contributed by atoms with E-state index in [1.807, 2.05) is 0 Å². The van der Waals surface area contributed by atoms with Crippen molar-refractivity contribution in [1.82, 2.24) is 0 Å². The molecule has 0 heterocycles. The summed E-state index contributed by atoms with van der Waals surface area (Å²) in [7, 11) is -4.11. The summed E-state index contributed by atoms with van der Waals surface area (Å²) in [6, 6.07) is 6.65. The van der Waals surface area contributed by atoms with Crippen molar-refractivity contribution in [3.8, 4) is 0 Å². The number of hydrogen-bond acceptors (Lipinski definition) is 8. The van der Waals surface area contributed by atoms with Gasteiger partial charge in [-0.15, -0.1) is 0 Å². The molecule has 1 aromatic rings. The van der Waals surface area contributed by atoms with E-state index >= 15 is 0 Å². The highest BCUT2D eigenvalue weighted by Gasteiger charge is 2.70. The van der Waals surface area contributed by atoms with Crippen molar-refractivity contribution < 1.29 is 23.2 Å². The monoisotopic (exact) mass is 319 g/mol. The van der Waals surface area contributed by atoms with Gasteiger partial charge in [-0.05, 0) is 12.1 Å². The van der Waals surface area contributed by atoms with Crippen molar-refractivity contribution in [2.45, 2.75) is 17.1 Å². The molecule has 0 unspecified atom stereocenters. The van der Waals surface area contributed by atoms with Crippen LogP contribution in [0.15, 0.2) is 35.2 Å². The van der Waals surface area contributed by atoms with E-state index in [9.17, 15) is 38.8 Å². The lowest BCUT2D eigenvalue weighted by Gasteiger charge is -2.09. The fourth-order valence-corrected chi connectivity index (χ4v) is 2.84. The first-order valence-corrected chi connectivity index (χ1v) is 7.01. The van der Waals surface area contributed by atoms with E-state index in [2.05, 4.69) is 0 Å². The molecular formula is C9H9N3O8S. The van der Waals surface area contributed by atoms with Crippen molar-refractivity contribution >= 4 is 9.84 Å². The van der Waals surface area contributed by atoms with Crippen LogP contribution >= 0.6 is 0 Å². The lowest BCUT2D eigenvalue weighted by atomic mass is 10.3. The molecule has 0 N–H and O–H groups in total. The van der Waals surface area contributed by atoms with Gasteiger partial charge in [0.2, 0.25) is 0 Å². The number of nitrogens with zero attached hydrogens (tertiary/aromatic N) is 3. The highest BCUT2D eigenvalue weighted by molar-refractivity contribution is 7.91. The summed E-state index contributed by atoms with van der Waals surface area (Å²) >= 11 is 0. The van der Waals surface area contributed by atoms with Crippen LogP contribution < -0.4 is 0 Å². The molecule has 1 rings (SSSR count). The third-order valence-electron chi connectivity index (χ3n) is 2.69. The van der Waals surface area contributed by atoms with E-state index in [0.29, 0.717) is 0 Å². The number of nitro groups is 3. The van der Waals surface area contributed by atoms with Gasteiger partial charge in [0.1, 0.15) is 0 Å². The van der Waals surface area contributed by atoms with Crippen molar-refractivity contribution in [2.75, 3.05) is 5.75 Å². The predicted molar refractivity (Wildman–Crippen MR) is 66.8 cm³/mol. The third kappa shape index (κ3) is 3.10. The number of benzene rings is 1. The standard InChI is InChI=1S/C9H9N3O8S/c13-10(14)9(11(15)16,12(17)18)6-7-21(19,20)8-4-2-1-3-5-8/h1-5H,6-7H2. The first-order valence-electron chi connectivity index (χ1n) is 5.36. The second-order valence-corrected chi connectivity index (χ2v) is 6.04. The fraction of sp³-hybridized carbons (Fsp3) is 0.333. The van der Waals surface area contributed by atoms with Gasteiger partial charge >= 0.3 is 5.79 Å². The minimum absolute atomic E-state index is 0.228. The molecule has 12 heteroatoms. The average molecular weight is 319 g/mol. The maximum atomic E-state index is 11.9. The van der Waals surface area contributed by atoms with Gasteiger partial charge in [-0.1, -0.05) is 18.2 Å². The van der Waals surface area contributed by atoms with Crippen LogP contribution in [0.5, 0.6) is 0 Å². The minimum atomic E-state index is -4.11. The number of hydrogen-bond donors (Lipinski definition) is 0. The Kier molecular flexibility index (Phi) is 4.52. The van der Waals surface area contributed by atoms with Crippen molar-refractivity contribution in [2.24, 2.45) is 0 Å². The van der Waals surface area contributed by atoms with Crippen LogP contribution in [-0.2, 0) is 9.84 Å². The maximum Gasteiger partial charge on any atom is 0.700 e. The van der Waals surface area contributed by atoms with Gasteiger partial charge in [-0.25, -0.2) is 8.42 Å². The average Bonchev–Trinajstić information content (AvgIpc) is 2.39.